The number of amides is 1. The number of fused-ring (bicyclic) bond motifs is 1. The Bertz CT molecular complexity index is 740. The number of nitrogens with zero attached hydrogens (tertiary/aromatic N) is 3. The van der Waals surface area contributed by atoms with Crippen LogP contribution in [0.4, 0.5) is 10.6 Å². The maximum atomic E-state index is 11.8. The summed E-state index contributed by atoms with van der Waals surface area (Å²) in [4.78, 5) is 16.4. The van der Waals surface area contributed by atoms with Crippen LogP contribution in [-0.4, -0.2) is 38.9 Å². The normalized spacial score (nSPS) is 20.4. The Morgan fingerprint density at radius 2 is 2.04 bits per heavy atom. The molecule has 7 nitrogen and oxygen atoms in total. The van der Waals surface area contributed by atoms with Crippen molar-refractivity contribution in [2.75, 3.05) is 5.32 Å². The second-order valence-electron chi connectivity index (χ2n) is 7.27. The lowest BCUT2D eigenvalue weighted by molar-refractivity contribution is 0.112. The zero-order valence-corrected chi connectivity index (χ0v) is 15.3. The Labute approximate surface area is 148 Å². The molecule has 0 unspecified atom stereocenters. The van der Waals surface area contributed by atoms with E-state index in [0.717, 1.165) is 36.4 Å². The molecule has 0 bridgehead atoms. The van der Waals surface area contributed by atoms with Gasteiger partial charge in [-0.25, -0.2) is 9.78 Å². The number of aromatic nitrogens is 3. The van der Waals surface area contributed by atoms with E-state index in [1.807, 2.05) is 24.4 Å². The van der Waals surface area contributed by atoms with Gasteiger partial charge in [-0.3, -0.25) is 0 Å². The van der Waals surface area contributed by atoms with Crippen LogP contribution >= 0.6 is 0 Å². The SMILES string of the molecule is CC(C)OC(=O)N[C@@H]1CC[C@@H](Nc2cc(C(C)C)nc3ccnn23)C1. The molecule has 0 saturated heterocycles. The van der Waals surface area contributed by atoms with E-state index in [-0.39, 0.29) is 18.2 Å². The highest BCUT2D eigenvalue weighted by molar-refractivity contribution is 5.67. The van der Waals surface area contributed by atoms with Gasteiger partial charge in [0.25, 0.3) is 0 Å². The number of ether oxygens (including phenoxy) is 1. The van der Waals surface area contributed by atoms with E-state index in [0.29, 0.717) is 12.0 Å². The molecule has 0 aliphatic heterocycles. The van der Waals surface area contributed by atoms with Gasteiger partial charge in [0, 0.05) is 29.9 Å². The second kappa shape index (κ2) is 7.29. The molecule has 1 aliphatic rings. The number of nitrogens with one attached hydrogen (secondary N) is 2. The van der Waals surface area contributed by atoms with E-state index in [1.54, 1.807) is 6.20 Å². The number of carbonyl (C=O) groups is 1. The topological polar surface area (TPSA) is 80.5 Å². The predicted octanol–water partition coefficient (Wildman–Crippen LogP) is 3.32. The van der Waals surface area contributed by atoms with Crippen molar-refractivity contribution in [2.45, 2.75) is 71.1 Å². The third-order valence-electron chi connectivity index (χ3n) is 4.42. The van der Waals surface area contributed by atoms with Gasteiger partial charge in [-0.05, 0) is 39.0 Å². The van der Waals surface area contributed by atoms with Crippen LogP contribution in [0.1, 0.15) is 58.6 Å². The molecule has 2 atom stereocenters. The first-order valence-corrected chi connectivity index (χ1v) is 9.00. The van der Waals surface area contributed by atoms with Crippen molar-refractivity contribution in [3.05, 3.63) is 24.0 Å². The van der Waals surface area contributed by atoms with E-state index < -0.39 is 0 Å². The lowest BCUT2D eigenvalue weighted by Gasteiger charge is -2.18. The summed E-state index contributed by atoms with van der Waals surface area (Å²) in [5, 5.41) is 10.9. The summed E-state index contributed by atoms with van der Waals surface area (Å²) < 4.78 is 7.00. The van der Waals surface area contributed by atoms with E-state index in [1.165, 1.54) is 0 Å². The second-order valence-corrected chi connectivity index (χ2v) is 7.27. The summed E-state index contributed by atoms with van der Waals surface area (Å²) in [6.07, 6.45) is 4.13. The van der Waals surface area contributed by atoms with E-state index in [9.17, 15) is 4.79 Å². The van der Waals surface area contributed by atoms with E-state index in [2.05, 4.69) is 40.6 Å². The maximum Gasteiger partial charge on any atom is 0.407 e. The standard InChI is InChI=1S/C18H27N5O2/c1-11(2)15-10-17(23-16(22-15)7-8-19-23)20-13-5-6-14(9-13)21-18(24)25-12(3)4/h7-8,10-14,20H,5-6,9H2,1-4H3,(H,21,24)/t13-,14-/m1/s1. The molecule has 136 valence electrons. The zero-order chi connectivity index (χ0) is 18.0. The molecule has 1 amide bonds. The van der Waals surface area contributed by atoms with Crippen LogP contribution in [0, 0.1) is 0 Å². The van der Waals surface area contributed by atoms with Crippen LogP contribution in [0.5, 0.6) is 0 Å². The maximum absolute atomic E-state index is 11.8. The Kier molecular flexibility index (Phi) is 5.11. The fraction of sp³-hybridized carbons (Fsp3) is 0.611. The van der Waals surface area contributed by atoms with Gasteiger partial charge < -0.3 is 15.4 Å². The molecule has 2 aromatic heterocycles. The van der Waals surface area contributed by atoms with Crippen molar-refractivity contribution in [1.29, 1.82) is 0 Å². The largest absolute Gasteiger partial charge is 0.447 e. The van der Waals surface area contributed by atoms with Crippen molar-refractivity contribution >= 4 is 17.6 Å². The Balaban J connectivity index is 1.66. The third-order valence-corrected chi connectivity index (χ3v) is 4.42. The molecule has 0 aromatic carbocycles. The fourth-order valence-electron chi connectivity index (χ4n) is 3.20. The highest BCUT2D eigenvalue weighted by Gasteiger charge is 2.27. The smallest absolute Gasteiger partial charge is 0.407 e. The summed E-state index contributed by atoms with van der Waals surface area (Å²) >= 11 is 0. The van der Waals surface area contributed by atoms with Gasteiger partial charge in [0.1, 0.15) is 5.82 Å². The molecular weight excluding hydrogens is 318 g/mol. The molecule has 2 N–H and O–H groups in total. The van der Waals surface area contributed by atoms with Gasteiger partial charge in [0.2, 0.25) is 0 Å². The van der Waals surface area contributed by atoms with Crippen molar-refractivity contribution in [2.24, 2.45) is 0 Å². The van der Waals surface area contributed by atoms with Crippen molar-refractivity contribution in [3.63, 3.8) is 0 Å². The van der Waals surface area contributed by atoms with Crippen molar-refractivity contribution in [3.8, 4) is 0 Å². The number of alkyl carbamates (subject to hydrolysis) is 1. The van der Waals surface area contributed by atoms with Crippen LogP contribution in [0.3, 0.4) is 0 Å². The highest BCUT2D eigenvalue weighted by atomic mass is 16.6. The quantitative estimate of drug-likeness (QED) is 0.869. The molecule has 3 rings (SSSR count). The van der Waals surface area contributed by atoms with Gasteiger partial charge in [0.05, 0.1) is 12.3 Å². The van der Waals surface area contributed by atoms with E-state index in [4.69, 9.17) is 4.74 Å². The number of carbonyl (C=O) groups excluding carboxylic acids is 1. The third kappa shape index (κ3) is 4.21. The molecule has 2 aromatic rings. The molecule has 1 fully saturated rings. The lowest BCUT2D eigenvalue weighted by atomic mass is 10.1. The van der Waals surface area contributed by atoms with Crippen LogP contribution in [0.15, 0.2) is 18.3 Å². The lowest BCUT2D eigenvalue weighted by Crippen LogP contribution is -2.35. The monoisotopic (exact) mass is 345 g/mol. The number of hydrogen-bond acceptors (Lipinski definition) is 5. The molecule has 0 radical (unpaired) electrons. The first kappa shape index (κ1) is 17.5. The van der Waals surface area contributed by atoms with Crippen LogP contribution in [0.2, 0.25) is 0 Å². The Morgan fingerprint density at radius 3 is 2.76 bits per heavy atom. The van der Waals surface area contributed by atoms with Crippen LogP contribution in [0.25, 0.3) is 5.65 Å². The Hall–Kier alpha value is -2.31. The summed E-state index contributed by atoms with van der Waals surface area (Å²) in [5.41, 5.74) is 1.89. The molecule has 25 heavy (non-hydrogen) atoms. The van der Waals surface area contributed by atoms with Crippen LogP contribution in [-0.2, 0) is 4.74 Å². The molecule has 7 heteroatoms. The number of rotatable bonds is 5. The molecule has 0 spiro atoms. The van der Waals surface area contributed by atoms with Gasteiger partial charge >= 0.3 is 6.09 Å². The molecule has 1 aliphatic carbocycles. The van der Waals surface area contributed by atoms with Gasteiger partial charge in [-0.15, -0.1) is 0 Å². The minimum atomic E-state index is -0.332. The molecular formula is C18H27N5O2. The van der Waals surface area contributed by atoms with Gasteiger partial charge in [-0.2, -0.15) is 9.61 Å². The molecule has 1 saturated carbocycles. The summed E-state index contributed by atoms with van der Waals surface area (Å²) in [6.45, 7) is 7.97. The van der Waals surface area contributed by atoms with Crippen molar-refractivity contribution in [1.82, 2.24) is 19.9 Å². The van der Waals surface area contributed by atoms with Crippen LogP contribution < -0.4 is 10.6 Å². The number of hydrogen-bond donors (Lipinski definition) is 2. The summed E-state index contributed by atoms with van der Waals surface area (Å²) in [7, 11) is 0. The minimum Gasteiger partial charge on any atom is -0.447 e. The first-order chi connectivity index (χ1) is 11.9. The number of anilines is 1. The molecule has 2 heterocycles. The van der Waals surface area contributed by atoms with Gasteiger partial charge in [-0.1, -0.05) is 13.8 Å². The highest BCUT2D eigenvalue weighted by Crippen LogP contribution is 2.25. The Morgan fingerprint density at radius 1 is 1.28 bits per heavy atom. The summed E-state index contributed by atoms with van der Waals surface area (Å²) in [6, 6.07) is 4.42. The predicted molar refractivity (Wildman–Crippen MR) is 96.9 cm³/mol. The average molecular weight is 345 g/mol. The van der Waals surface area contributed by atoms with Crippen molar-refractivity contribution < 1.29 is 9.53 Å². The van der Waals surface area contributed by atoms with Gasteiger partial charge in [0.15, 0.2) is 5.65 Å². The average Bonchev–Trinajstić information content (AvgIpc) is 3.15. The zero-order valence-electron chi connectivity index (χ0n) is 15.3. The van der Waals surface area contributed by atoms with E-state index >= 15 is 0 Å². The first-order valence-electron chi connectivity index (χ1n) is 9.00. The fourth-order valence-corrected chi connectivity index (χ4v) is 3.20. The minimum absolute atomic E-state index is 0.102. The summed E-state index contributed by atoms with van der Waals surface area (Å²) in [5.74, 6) is 1.30.